The topological polar surface area (TPSA) is 50.2 Å². The Bertz CT molecular complexity index is 1390. The van der Waals surface area contributed by atoms with Crippen LogP contribution in [0.25, 0.3) is 27.4 Å². The molecule has 1 saturated carbocycles. The number of nitrogens with zero attached hydrogens (tertiary/aromatic N) is 1. The number of hydrogen-bond acceptors (Lipinski definition) is 3. The van der Waals surface area contributed by atoms with E-state index in [1.807, 2.05) is 35.8 Å². The van der Waals surface area contributed by atoms with Crippen LogP contribution >= 0.6 is 11.3 Å². The van der Waals surface area contributed by atoms with Crippen molar-refractivity contribution in [3.63, 3.8) is 0 Å². The molecule has 1 N–H and O–H groups in total. The predicted octanol–water partition coefficient (Wildman–Crippen LogP) is 7.09. The minimum absolute atomic E-state index is 0. The number of benzene rings is 3. The largest absolute Gasteiger partial charge is 0.478 e. The van der Waals surface area contributed by atoms with Gasteiger partial charge in [0.05, 0.1) is 15.7 Å². The maximum Gasteiger partial charge on any atom is 0.328 e. The Morgan fingerprint density at radius 1 is 1.12 bits per heavy atom. The summed E-state index contributed by atoms with van der Waals surface area (Å²) in [6, 6.07) is 21.8. The van der Waals surface area contributed by atoms with Crippen molar-refractivity contribution in [1.82, 2.24) is 4.98 Å². The minimum Gasteiger partial charge on any atom is -0.478 e. The van der Waals surface area contributed by atoms with E-state index in [9.17, 15) is 4.79 Å². The number of aromatic nitrogens is 1. The SMILES string of the molecule is O=C(O)/C=C/c1ccc(/C(=C(\c2cc[c-]cc2F)C2CCC2)c2ccc3scnc3c2)cc1.[Cm]. The monoisotopic (exact) mass is 697 g/mol. The Morgan fingerprint density at radius 2 is 1.88 bits per heavy atom. The Balaban J connectivity index is 0.00000274. The molecule has 1 heterocycles. The Kier molecular flexibility index (Phi) is 6.33. The second kappa shape index (κ2) is 9.51. The van der Waals surface area contributed by atoms with Crippen LogP contribution in [0, 0.1) is 17.8 Å². The first-order valence-corrected chi connectivity index (χ1v) is 11.7. The van der Waals surface area contributed by atoms with E-state index in [1.54, 1.807) is 23.5 Å². The fraction of sp³-hybridized carbons (Fsp3) is 0.143. The Hall–Kier alpha value is -4.57. The molecule has 0 aliphatic heterocycles. The third-order valence-electron chi connectivity index (χ3n) is 6.12. The van der Waals surface area contributed by atoms with Crippen LogP contribution in [0.1, 0.15) is 41.5 Å². The van der Waals surface area contributed by atoms with Gasteiger partial charge in [-0.05, 0) is 59.2 Å². The molecule has 0 spiro atoms. The van der Waals surface area contributed by atoms with E-state index in [2.05, 4.69) is 29.2 Å². The minimum atomic E-state index is -0.986. The average molecular weight is 702 g/mol. The molecule has 0 radical (unpaired) electrons. The van der Waals surface area contributed by atoms with Gasteiger partial charge in [-0.3, -0.25) is 4.39 Å². The maximum atomic E-state index is 15.1. The van der Waals surface area contributed by atoms with Gasteiger partial charge in [0, 0.05) is 11.9 Å². The van der Waals surface area contributed by atoms with Crippen LogP contribution in [0.15, 0.2) is 72.3 Å². The van der Waals surface area contributed by atoms with Gasteiger partial charge in [0.15, 0.2) is 0 Å². The number of allylic oxidation sites excluding steroid dienone is 1. The van der Waals surface area contributed by atoms with Crippen molar-refractivity contribution in [2.75, 3.05) is 0 Å². The molecule has 0 unspecified atom stereocenters. The number of rotatable bonds is 6. The van der Waals surface area contributed by atoms with Crippen LogP contribution in [-0.4, -0.2) is 16.1 Å². The van der Waals surface area contributed by atoms with Crippen LogP contribution in [0.4, 0.5) is 4.39 Å². The molecule has 1 aliphatic rings. The van der Waals surface area contributed by atoms with Gasteiger partial charge in [0.2, 0.25) is 0 Å². The summed E-state index contributed by atoms with van der Waals surface area (Å²) in [5.74, 6) is -0.984. The van der Waals surface area contributed by atoms with Crippen molar-refractivity contribution >= 4 is 44.7 Å². The fourth-order valence-electron chi connectivity index (χ4n) is 4.30. The third kappa shape index (κ3) is 4.34. The summed E-state index contributed by atoms with van der Waals surface area (Å²) in [6.45, 7) is 0. The number of carboxylic acids is 1. The molecule has 5 rings (SSSR count). The summed E-state index contributed by atoms with van der Waals surface area (Å²) in [7, 11) is 0. The summed E-state index contributed by atoms with van der Waals surface area (Å²) >= 11 is 1.60. The van der Waals surface area contributed by atoms with Crippen molar-refractivity contribution in [3.8, 4) is 0 Å². The molecule has 4 aromatic rings. The Labute approximate surface area is 195 Å². The molecule has 0 amide bonds. The normalized spacial score (nSPS) is 14.5. The number of carbonyl (C=O) groups is 1. The molecule has 1 aromatic heterocycles. The molecule has 34 heavy (non-hydrogen) atoms. The maximum absolute atomic E-state index is 15.1. The van der Waals surface area contributed by atoms with E-state index in [0.29, 0.717) is 5.56 Å². The smallest absolute Gasteiger partial charge is 0.328 e. The van der Waals surface area contributed by atoms with Gasteiger partial charge in [-0.2, -0.15) is 18.2 Å². The summed E-state index contributed by atoms with van der Waals surface area (Å²) in [5.41, 5.74) is 8.13. The van der Waals surface area contributed by atoms with Crippen molar-refractivity contribution in [3.05, 3.63) is 106 Å². The van der Waals surface area contributed by atoms with E-state index >= 15 is 4.39 Å². The molecule has 1 fully saturated rings. The molecule has 3 aromatic carbocycles. The van der Waals surface area contributed by atoms with Gasteiger partial charge in [-0.25, -0.2) is 9.78 Å². The Morgan fingerprint density at radius 3 is 2.56 bits per heavy atom. The standard InChI is InChI=1S/C28H21FNO2S.Cm/c29-23-7-2-1-6-22(23)28(19-4-3-5-19)27(21-13-14-25-24(16-21)30-17-33-25)20-11-8-18(9-12-20)10-15-26(31)32;/h1,6-17,19H,3-5H2,(H,31,32);/q-1;/b15-10+,28-27+;. The quantitative estimate of drug-likeness (QED) is 0.133. The molecule has 1 aliphatic carbocycles. The molecule has 0 atom stereocenters. The zero-order valence-electron chi connectivity index (χ0n) is 18.1. The zero-order valence-corrected chi connectivity index (χ0v) is 21.9. The molecular weight excluding hydrogens is 680 g/mol. The van der Waals surface area contributed by atoms with Gasteiger partial charge >= 0.3 is 5.97 Å². The fourth-order valence-corrected chi connectivity index (χ4v) is 4.96. The molecule has 6 heteroatoms. The van der Waals surface area contributed by atoms with Gasteiger partial charge in [-0.1, -0.05) is 47.9 Å². The number of thiazole rings is 1. The number of halogens is 1. The third-order valence-corrected chi connectivity index (χ3v) is 6.93. The number of carboxylic acid groups (broad SMARTS) is 1. The summed E-state index contributed by atoms with van der Waals surface area (Å²) in [6.07, 6.45) is 5.87. The van der Waals surface area contributed by atoms with Gasteiger partial charge in [0.25, 0.3) is 0 Å². The average Bonchev–Trinajstić information content (AvgIpc) is 3.25. The molecular formula is C28H21CmFNO2S-. The number of aliphatic carboxylic acids is 1. The summed E-state index contributed by atoms with van der Waals surface area (Å²) < 4.78 is 16.2. The van der Waals surface area contributed by atoms with E-state index in [-0.39, 0.29) is 11.7 Å². The van der Waals surface area contributed by atoms with E-state index in [0.717, 1.165) is 63.4 Å². The van der Waals surface area contributed by atoms with Gasteiger partial charge < -0.3 is 5.11 Å². The van der Waals surface area contributed by atoms with Gasteiger partial charge in [0.1, 0.15) is 0 Å². The van der Waals surface area contributed by atoms with Crippen LogP contribution in [0.3, 0.4) is 0 Å². The summed E-state index contributed by atoms with van der Waals surface area (Å²) in [5, 5.41) is 8.92. The first-order chi connectivity index (χ1) is 16.1. The number of fused-ring (bicyclic) bond motifs is 1. The van der Waals surface area contributed by atoms with Crippen molar-refractivity contribution in [2.45, 2.75) is 19.3 Å². The van der Waals surface area contributed by atoms with E-state index in [4.69, 9.17) is 5.11 Å². The molecule has 3 nitrogen and oxygen atoms in total. The van der Waals surface area contributed by atoms with Gasteiger partial charge in [-0.15, -0.1) is 17.4 Å². The zero-order chi connectivity index (χ0) is 22.8. The first-order valence-electron chi connectivity index (χ1n) is 10.9. The van der Waals surface area contributed by atoms with Crippen LogP contribution in [0.2, 0.25) is 0 Å². The van der Waals surface area contributed by atoms with E-state index < -0.39 is 5.97 Å². The first kappa shape index (κ1) is 22.6. The molecule has 172 valence electrons. The number of hydrogen-bond donors (Lipinski definition) is 1. The predicted molar refractivity (Wildman–Crippen MR) is 131 cm³/mol. The van der Waals surface area contributed by atoms with Crippen molar-refractivity contribution in [1.29, 1.82) is 0 Å². The summed E-state index contributed by atoms with van der Waals surface area (Å²) in [4.78, 5) is 15.4. The van der Waals surface area contributed by atoms with Crippen LogP contribution < -0.4 is 0 Å². The second-order valence-corrected chi connectivity index (χ2v) is 9.04. The van der Waals surface area contributed by atoms with Crippen molar-refractivity contribution in [2.24, 2.45) is 5.92 Å². The second-order valence-electron chi connectivity index (χ2n) is 8.15. The molecule has 0 saturated heterocycles. The molecule has 0 bridgehead atoms. The van der Waals surface area contributed by atoms with Crippen molar-refractivity contribution < 1.29 is 14.3 Å². The van der Waals surface area contributed by atoms with E-state index in [1.165, 1.54) is 6.07 Å². The van der Waals surface area contributed by atoms with Crippen LogP contribution in [0.5, 0.6) is 0 Å². The van der Waals surface area contributed by atoms with Crippen LogP contribution in [-0.2, 0) is 4.79 Å².